The first-order valence-corrected chi connectivity index (χ1v) is 7.59. The number of benzene rings is 2. The standard InChI is InChI=1S/C17H10ClF2N3O3/c18-10-6-7-11(19)15(13(10)20)23(12-8-21-22-14(12)17(25)26)16(24)9-4-2-1-3-5-9/h1-8H,(H,21,22)(H,25,26). The molecule has 3 rings (SSSR count). The molecule has 0 saturated heterocycles. The summed E-state index contributed by atoms with van der Waals surface area (Å²) in [6, 6.07) is 9.50. The number of nitrogens with zero attached hydrogens (tertiary/aromatic N) is 2. The van der Waals surface area contributed by atoms with Gasteiger partial charge in [-0.2, -0.15) is 5.10 Å². The molecule has 2 N–H and O–H groups in total. The molecule has 0 aliphatic carbocycles. The minimum absolute atomic E-state index is 0.0869. The van der Waals surface area contributed by atoms with E-state index >= 15 is 0 Å². The largest absolute Gasteiger partial charge is 0.476 e. The molecule has 1 aromatic heterocycles. The number of aromatic amines is 1. The highest BCUT2D eigenvalue weighted by molar-refractivity contribution is 6.31. The van der Waals surface area contributed by atoms with Crippen molar-refractivity contribution in [1.29, 1.82) is 0 Å². The van der Waals surface area contributed by atoms with Crippen LogP contribution in [-0.4, -0.2) is 27.2 Å². The lowest BCUT2D eigenvalue weighted by Gasteiger charge is -2.23. The van der Waals surface area contributed by atoms with Crippen molar-refractivity contribution in [2.45, 2.75) is 0 Å². The maximum atomic E-state index is 14.6. The average molecular weight is 378 g/mol. The van der Waals surface area contributed by atoms with Crippen molar-refractivity contribution in [2.75, 3.05) is 4.90 Å². The van der Waals surface area contributed by atoms with Crippen molar-refractivity contribution in [3.8, 4) is 0 Å². The van der Waals surface area contributed by atoms with Gasteiger partial charge >= 0.3 is 5.97 Å². The third-order valence-electron chi connectivity index (χ3n) is 3.54. The van der Waals surface area contributed by atoms with Crippen LogP contribution in [0.25, 0.3) is 0 Å². The number of halogens is 3. The molecule has 0 spiro atoms. The number of carbonyl (C=O) groups is 2. The number of amides is 1. The van der Waals surface area contributed by atoms with Crippen LogP contribution in [0.3, 0.4) is 0 Å². The summed E-state index contributed by atoms with van der Waals surface area (Å²) in [5.41, 5.74) is -1.54. The molecule has 6 nitrogen and oxygen atoms in total. The van der Waals surface area contributed by atoms with Gasteiger partial charge in [0, 0.05) is 5.56 Å². The Morgan fingerprint density at radius 2 is 1.81 bits per heavy atom. The van der Waals surface area contributed by atoms with Gasteiger partial charge in [0.2, 0.25) is 0 Å². The van der Waals surface area contributed by atoms with Crippen LogP contribution in [0.4, 0.5) is 20.2 Å². The molecule has 1 amide bonds. The van der Waals surface area contributed by atoms with E-state index in [2.05, 4.69) is 10.2 Å². The third-order valence-corrected chi connectivity index (χ3v) is 3.83. The third kappa shape index (κ3) is 3.02. The summed E-state index contributed by atoms with van der Waals surface area (Å²) >= 11 is 5.72. The number of hydrogen-bond acceptors (Lipinski definition) is 3. The number of aromatic nitrogens is 2. The fraction of sp³-hybridized carbons (Fsp3) is 0. The number of carboxylic acid groups (broad SMARTS) is 1. The average Bonchev–Trinajstić information content (AvgIpc) is 3.12. The quantitative estimate of drug-likeness (QED) is 0.672. The molecular formula is C17H10ClF2N3O3. The molecule has 132 valence electrons. The van der Waals surface area contributed by atoms with Crippen LogP contribution >= 0.6 is 11.6 Å². The Bertz CT molecular complexity index is 992. The molecule has 0 atom stereocenters. The van der Waals surface area contributed by atoms with E-state index in [9.17, 15) is 23.5 Å². The second-order valence-corrected chi connectivity index (χ2v) is 5.54. The summed E-state index contributed by atoms with van der Waals surface area (Å²) in [5, 5.41) is 14.6. The summed E-state index contributed by atoms with van der Waals surface area (Å²) in [6.07, 6.45) is 0.990. The maximum absolute atomic E-state index is 14.6. The predicted octanol–water partition coefficient (Wildman–Crippen LogP) is 4.02. The molecule has 3 aromatic rings. The van der Waals surface area contributed by atoms with E-state index < -0.39 is 39.9 Å². The van der Waals surface area contributed by atoms with E-state index in [-0.39, 0.29) is 11.3 Å². The summed E-state index contributed by atoms with van der Waals surface area (Å²) in [5.74, 6) is -4.59. The van der Waals surface area contributed by atoms with E-state index in [4.69, 9.17) is 11.6 Å². The minimum atomic E-state index is -1.45. The zero-order chi connectivity index (χ0) is 18.8. The van der Waals surface area contributed by atoms with Gasteiger partial charge in [-0.25, -0.2) is 13.6 Å². The zero-order valence-corrected chi connectivity index (χ0v) is 13.7. The number of carboxylic acids is 1. The Kier molecular flexibility index (Phi) is 4.68. The lowest BCUT2D eigenvalue weighted by atomic mass is 10.1. The van der Waals surface area contributed by atoms with Gasteiger partial charge < -0.3 is 5.11 Å². The van der Waals surface area contributed by atoms with Gasteiger partial charge in [-0.3, -0.25) is 14.8 Å². The summed E-state index contributed by atoms with van der Waals surface area (Å²) in [7, 11) is 0. The first-order chi connectivity index (χ1) is 12.4. The Balaban J connectivity index is 2.28. The Hall–Kier alpha value is -3.26. The number of nitrogens with one attached hydrogen (secondary N) is 1. The van der Waals surface area contributed by atoms with E-state index in [1.807, 2.05) is 0 Å². The van der Waals surface area contributed by atoms with Crippen LogP contribution in [0.15, 0.2) is 48.7 Å². The number of anilines is 2. The lowest BCUT2D eigenvalue weighted by molar-refractivity contribution is 0.0691. The topological polar surface area (TPSA) is 86.3 Å². The molecule has 1 heterocycles. The summed E-state index contributed by atoms with van der Waals surface area (Å²) in [4.78, 5) is 24.9. The molecule has 0 radical (unpaired) electrons. The Morgan fingerprint density at radius 3 is 2.46 bits per heavy atom. The maximum Gasteiger partial charge on any atom is 0.356 e. The second kappa shape index (κ2) is 6.93. The highest BCUT2D eigenvalue weighted by Crippen LogP contribution is 2.36. The molecule has 0 bridgehead atoms. The lowest BCUT2D eigenvalue weighted by Crippen LogP contribution is -2.29. The van der Waals surface area contributed by atoms with Gasteiger partial charge in [0.05, 0.1) is 11.2 Å². The zero-order valence-electron chi connectivity index (χ0n) is 12.9. The first kappa shape index (κ1) is 17.6. The van der Waals surface area contributed by atoms with Gasteiger partial charge in [-0.15, -0.1) is 0 Å². The van der Waals surface area contributed by atoms with E-state index in [1.165, 1.54) is 12.1 Å². The highest BCUT2D eigenvalue weighted by atomic mass is 35.5. The SMILES string of the molecule is O=C(O)c1[nH]ncc1N(C(=O)c1ccccc1)c1c(F)ccc(Cl)c1F. The number of carbonyl (C=O) groups excluding carboxylic acids is 1. The fourth-order valence-corrected chi connectivity index (χ4v) is 2.52. The fourth-order valence-electron chi connectivity index (χ4n) is 2.37. The van der Waals surface area contributed by atoms with Crippen molar-refractivity contribution in [2.24, 2.45) is 0 Å². The van der Waals surface area contributed by atoms with Crippen molar-refractivity contribution in [3.63, 3.8) is 0 Å². The molecular weight excluding hydrogens is 368 g/mol. The van der Waals surface area contributed by atoms with Crippen LogP contribution in [0.2, 0.25) is 5.02 Å². The van der Waals surface area contributed by atoms with E-state index in [0.29, 0.717) is 4.90 Å². The van der Waals surface area contributed by atoms with E-state index in [0.717, 1.165) is 18.3 Å². The van der Waals surface area contributed by atoms with Crippen LogP contribution in [0.1, 0.15) is 20.8 Å². The van der Waals surface area contributed by atoms with Gasteiger partial charge in [-0.1, -0.05) is 29.8 Å². The van der Waals surface area contributed by atoms with Gasteiger partial charge in [0.15, 0.2) is 11.5 Å². The van der Waals surface area contributed by atoms with E-state index in [1.54, 1.807) is 18.2 Å². The molecule has 9 heteroatoms. The molecule has 0 aliphatic heterocycles. The van der Waals surface area contributed by atoms with Gasteiger partial charge in [0.25, 0.3) is 5.91 Å². The highest BCUT2D eigenvalue weighted by Gasteiger charge is 2.31. The van der Waals surface area contributed by atoms with Gasteiger partial charge in [-0.05, 0) is 24.3 Å². The predicted molar refractivity (Wildman–Crippen MR) is 89.8 cm³/mol. The molecule has 0 fully saturated rings. The van der Waals surface area contributed by atoms with Crippen molar-refractivity contribution < 1.29 is 23.5 Å². The van der Waals surface area contributed by atoms with Crippen LogP contribution in [0.5, 0.6) is 0 Å². The monoisotopic (exact) mass is 377 g/mol. The van der Waals surface area contributed by atoms with Crippen molar-refractivity contribution in [3.05, 3.63) is 76.6 Å². The van der Waals surface area contributed by atoms with Crippen molar-refractivity contribution >= 4 is 34.9 Å². The smallest absolute Gasteiger partial charge is 0.356 e. The number of H-pyrrole nitrogens is 1. The normalized spacial score (nSPS) is 10.6. The van der Waals surface area contributed by atoms with Crippen molar-refractivity contribution in [1.82, 2.24) is 10.2 Å². The Labute approximate surface area is 150 Å². The number of aromatic carboxylic acids is 1. The van der Waals surface area contributed by atoms with Crippen LogP contribution in [0, 0.1) is 11.6 Å². The van der Waals surface area contributed by atoms with Crippen LogP contribution < -0.4 is 4.90 Å². The summed E-state index contributed by atoms with van der Waals surface area (Å²) in [6.45, 7) is 0. The Morgan fingerprint density at radius 1 is 1.12 bits per heavy atom. The summed E-state index contributed by atoms with van der Waals surface area (Å²) < 4.78 is 29.0. The molecule has 0 unspecified atom stereocenters. The number of hydrogen-bond donors (Lipinski definition) is 2. The molecule has 0 aliphatic rings. The molecule has 2 aromatic carbocycles. The molecule has 0 saturated carbocycles. The van der Waals surface area contributed by atoms with Gasteiger partial charge in [0.1, 0.15) is 17.2 Å². The first-order valence-electron chi connectivity index (χ1n) is 7.21. The minimum Gasteiger partial charge on any atom is -0.476 e. The molecule has 26 heavy (non-hydrogen) atoms. The van der Waals surface area contributed by atoms with Crippen LogP contribution in [-0.2, 0) is 0 Å². The second-order valence-electron chi connectivity index (χ2n) is 5.13. The number of rotatable bonds is 4.